The number of hydrogen-bond donors (Lipinski definition) is 1. The number of rotatable bonds is 4. The molecule has 0 amide bonds. The number of nitrogens with zero attached hydrogens (tertiary/aromatic N) is 1. The third kappa shape index (κ3) is 2.98. The Kier molecular flexibility index (Phi) is 4.09. The molecular formula is C11H18N2OS. The van der Waals surface area contributed by atoms with E-state index in [1.807, 2.05) is 25.1 Å². The predicted molar refractivity (Wildman–Crippen MR) is 63.2 cm³/mol. The van der Waals surface area contributed by atoms with Crippen LogP contribution in [0.4, 0.5) is 0 Å². The summed E-state index contributed by atoms with van der Waals surface area (Å²) in [7, 11) is 1.96. The Morgan fingerprint density at radius 2 is 2.53 bits per heavy atom. The van der Waals surface area contributed by atoms with E-state index < -0.39 is 0 Å². The minimum atomic E-state index is 0.502. The van der Waals surface area contributed by atoms with Gasteiger partial charge in [0, 0.05) is 13.0 Å². The Morgan fingerprint density at radius 3 is 3.27 bits per heavy atom. The normalized spacial score (nSPS) is 21.8. The van der Waals surface area contributed by atoms with E-state index in [4.69, 9.17) is 4.42 Å². The third-order valence-corrected chi connectivity index (χ3v) is 4.02. The van der Waals surface area contributed by atoms with Crippen LogP contribution < -0.4 is 5.32 Å². The molecule has 1 saturated heterocycles. The molecule has 3 nitrogen and oxygen atoms in total. The Morgan fingerprint density at radius 1 is 1.60 bits per heavy atom. The van der Waals surface area contributed by atoms with Crippen LogP contribution in [0.3, 0.4) is 0 Å². The van der Waals surface area contributed by atoms with Crippen LogP contribution in [0, 0.1) is 0 Å². The maximum absolute atomic E-state index is 5.54. The maximum Gasteiger partial charge on any atom is 0.207 e. The van der Waals surface area contributed by atoms with Crippen molar-refractivity contribution in [2.24, 2.45) is 0 Å². The summed E-state index contributed by atoms with van der Waals surface area (Å²) < 4.78 is 5.54. The first-order valence-electron chi connectivity index (χ1n) is 5.60. The van der Waals surface area contributed by atoms with E-state index in [0.717, 1.165) is 24.6 Å². The van der Waals surface area contributed by atoms with Gasteiger partial charge in [0.2, 0.25) is 5.89 Å². The molecule has 1 aromatic heterocycles. The quantitative estimate of drug-likeness (QED) is 0.855. The van der Waals surface area contributed by atoms with Crippen LogP contribution in [0.15, 0.2) is 10.7 Å². The maximum atomic E-state index is 5.54. The second-order valence-electron chi connectivity index (χ2n) is 3.89. The lowest BCUT2D eigenvalue weighted by Gasteiger charge is -2.17. The van der Waals surface area contributed by atoms with Gasteiger partial charge in [0.1, 0.15) is 6.26 Å². The molecule has 1 N–H and O–H groups in total. The van der Waals surface area contributed by atoms with Gasteiger partial charge in [-0.3, -0.25) is 0 Å². The van der Waals surface area contributed by atoms with Crippen LogP contribution in [0.1, 0.15) is 36.1 Å². The highest BCUT2D eigenvalue weighted by atomic mass is 32.2. The summed E-state index contributed by atoms with van der Waals surface area (Å²) in [4.78, 5) is 4.54. The zero-order chi connectivity index (χ0) is 10.5. The van der Waals surface area contributed by atoms with E-state index in [1.54, 1.807) is 0 Å². The Labute approximate surface area is 95.0 Å². The summed E-state index contributed by atoms with van der Waals surface area (Å²) in [5, 5.41) is 3.62. The smallest absolute Gasteiger partial charge is 0.207 e. The molecule has 84 valence electrons. The van der Waals surface area contributed by atoms with Gasteiger partial charge in [0.05, 0.1) is 10.9 Å². The zero-order valence-corrected chi connectivity index (χ0v) is 9.98. The van der Waals surface area contributed by atoms with Gasteiger partial charge < -0.3 is 9.73 Å². The van der Waals surface area contributed by atoms with Crippen molar-refractivity contribution in [2.45, 2.75) is 30.9 Å². The molecular weight excluding hydrogens is 208 g/mol. The lowest BCUT2D eigenvalue weighted by molar-refractivity contribution is 0.473. The first kappa shape index (κ1) is 11.0. The second-order valence-corrected chi connectivity index (χ2v) is 5.20. The first-order valence-corrected chi connectivity index (χ1v) is 6.65. The van der Waals surface area contributed by atoms with Crippen LogP contribution in [0.25, 0.3) is 0 Å². The minimum Gasteiger partial charge on any atom is -0.447 e. The van der Waals surface area contributed by atoms with E-state index in [9.17, 15) is 0 Å². The highest BCUT2D eigenvalue weighted by Gasteiger charge is 2.20. The number of hydrogen-bond acceptors (Lipinski definition) is 4. The summed E-state index contributed by atoms with van der Waals surface area (Å²) in [5.41, 5.74) is 1.07. The molecule has 1 atom stereocenters. The lowest BCUT2D eigenvalue weighted by atomic mass is 10.2. The molecule has 1 aliphatic heterocycles. The van der Waals surface area contributed by atoms with Gasteiger partial charge in [-0.2, -0.15) is 0 Å². The third-order valence-electron chi connectivity index (χ3n) is 2.66. The molecule has 4 heteroatoms. The van der Waals surface area contributed by atoms with Crippen molar-refractivity contribution in [1.29, 1.82) is 0 Å². The Balaban J connectivity index is 1.93. The van der Waals surface area contributed by atoms with Gasteiger partial charge >= 0.3 is 0 Å². The molecule has 0 bridgehead atoms. The number of aromatic nitrogens is 1. The van der Waals surface area contributed by atoms with E-state index in [1.165, 1.54) is 25.0 Å². The van der Waals surface area contributed by atoms with Crippen LogP contribution >= 0.6 is 11.8 Å². The molecule has 1 aromatic rings. The van der Waals surface area contributed by atoms with E-state index in [0.29, 0.717) is 5.25 Å². The highest BCUT2D eigenvalue weighted by molar-refractivity contribution is 7.99. The Bertz CT molecular complexity index is 295. The molecule has 0 aliphatic carbocycles. The molecule has 2 heterocycles. The fourth-order valence-corrected chi connectivity index (χ4v) is 3.01. The summed E-state index contributed by atoms with van der Waals surface area (Å²) >= 11 is 1.98. The molecule has 0 saturated carbocycles. The molecule has 0 radical (unpaired) electrons. The van der Waals surface area contributed by atoms with Crippen molar-refractivity contribution in [3.05, 3.63) is 17.8 Å². The van der Waals surface area contributed by atoms with Gasteiger partial charge in [-0.1, -0.05) is 6.42 Å². The molecule has 0 aromatic carbocycles. The second kappa shape index (κ2) is 5.56. The average molecular weight is 226 g/mol. The number of likely N-dealkylation sites (N-methyl/N-ethyl adjacent to an activating group) is 1. The fraction of sp³-hybridized carbons (Fsp3) is 0.727. The van der Waals surface area contributed by atoms with Crippen LogP contribution in [0.5, 0.6) is 0 Å². The van der Waals surface area contributed by atoms with Gasteiger partial charge in [-0.05, 0) is 25.6 Å². The Hall–Kier alpha value is -0.480. The molecule has 0 spiro atoms. The number of oxazole rings is 1. The SMILES string of the molecule is CNCCc1coc(C2CCCCS2)n1. The summed E-state index contributed by atoms with van der Waals surface area (Å²) in [6.07, 6.45) is 6.64. The van der Waals surface area contributed by atoms with E-state index in [-0.39, 0.29) is 0 Å². The topological polar surface area (TPSA) is 38.1 Å². The van der Waals surface area contributed by atoms with Crippen molar-refractivity contribution in [3.63, 3.8) is 0 Å². The number of nitrogens with one attached hydrogen (secondary N) is 1. The van der Waals surface area contributed by atoms with Crippen molar-refractivity contribution >= 4 is 11.8 Å². The summed E-state index contributed by atoms with van der Waals surface area (Å²) in [6.45, 7) is 0.962. The molecule has 1 fully saturated rings. The standard InChI is InChI=1S/C11H18N2OS/c1-12-6-5-9-8-14-11(13-9)10-4-2-3-7-15-10/h8,10,12H,2-7H2,1H3. The van der Waals surface area contributed by atoms with Crippen LogP contribution in [0.2, 0.25) is 0 Å². The molecule has 15 heavy (non-hydrogen) atoms. The van der Waals surface area contributed by atoms with Gasteiger partial charge in [0.15, 0.2) is 0 Å². The van der Waals surface area contributed by atoms with E-state index in [2.05, 4.69) is 10.3 Å². The largest absolute Gasteiger partial charge is 0.447 e. The van der Waals surface area contributed by atoms with Gasteiger partial charge in [-0.25, -0.2) is 4.98 Å². The fourth-order valence-electron chi connectivity index (χ4n) is 1.77. The van der Waals surface area contributed by atoms with Crippen LogP contribution in [-0.4, -0.2) is 24.3 Å². The molecule has 1 aliphatic rings. The van der Waals surface area contributed by atoms with Crippen LogP contribution in [-0.2, 0) is 6.42 Å². The van der Waals surface area contributed by atoms with E-state index >= 15 is 0 Å². The minimum absolute atomic E-state index is 0.502. The monoisotopic (exact) mass is 226 g/mol. The first-order chi connectivity index (χ1) is 7.40. The van der Waals surface area contributed by atoms with Gasteiger partial charge in [-0.15, -0.1) is 11.8 Å². The van der Waals surface area contributed by atoms with Crippen molar-refractivity contribution in [2.75, 3.05) is 19.3 Å². The average Bonchev–Trinajstić information content (AvgIpc) is 2.76. The predicted octanol–water partition coefficient (Wildman–Crippen LogP) is 2.39. The lowest BCUT2D eigenvalue weighted by Crippen LogP contribution is -2.10. The summed E-state index contributed by atoms with van der Waals surface area (Å²) in [5.74, 6) is 2.18. The molecule has 1 unspecified atom stereocenters. The van der Waals surface area contributed by atoms with Crippen molar-refractivity contribution in [3.8, 4) is 0 Å². The van der Waals surface area contributed by atoms with Gasteiger partial charge in [0.25, 0.3) is 0 Å². The van der Waals surface area contributed by atoms with Crippen molar-refractivity contribution < 1.29 is 4.42 Å². The number of thioether (sulfide) groups is 1. The zero-order valence-electron chi connectivity index (χ0n) is 9.16. The molecule has 2 rings (SSSR count). The van der Waals surface area contributed by atoms with Crippen molar-refractivity contribution in [1.82, 2.24) is 10.3 Å². The highest BCUT2D eigenvalue weighted by Crippen LogP contribution is 2.37. The summed E-state index contributed by atoms with van der Waals surface area (Å²) in [6, 6.07) is 0.